The Morgan fingerprint density at radius 2 is 1.84 bits per heavy atom. The molecule has 12 heteroatoms. The maximum absolute atomic E-state index is 12.6. The number of fused-ring (bicyclic) bond motifs is 1. The number of carbonyl (C=O) groups excluding carboxylic acids is 1. The molecular weight excluding hydrogens is 458 g/mol. The highest BCUT2D eigenvalue weighted by Gasteiger charge is 2.47. The largest absolute Gasteiger partial charge is 0.461 e. The zero-order chi connectivity index (χ0) is 22.8. The van der Waals surface area contributed by atoms with E-state index in [1.165, 1.54) is 28.6 Å². The normalized spacial score (nSPS) is 28.2. The van der Waals surface area contributed by atoms with Crippen molar-refractivity contribution in [1.29, 1.82) is 0 Å². The number of benzene rings is 1. The number of esters is 1. The molecule has 0 aromatic heterocycles. The van der Waals surface area contributed by atoms with E-state index in [4.69, 9.17) is 9.47 Å². The van der Waals surface area contributed by atoms with Gasteiger partial charge in [-0.2, -0.15) is 9.03 Å². The van der Waals surface area contributed by atoms with Crippen molar-refractivity contribution in [1.82, 2.24) is 14.3 Å². The Bertz CT molecular complexity index is 1020. The quantitative estimate of drug-likeness (QED) is 0.414. The molecule has 32 heavy (non-hydrogen) atoms. The molecular formula is C20H29N3O7S2. The summed E-state index contributed by atoms with van der Waals surface area (Å²) in [5, 5.41) is 2.80. The highest BCUT2D eigenvalue weighted by atomic mass is 32.2. The van der Waals surface area contributed by atoms with Gasteiger partial charge in [0.25, 0.3) is 0 Å². The molecule has 2 saturated heterocycles. The molecule has 3 fully saturated rings. The summed E-state index contributed by atoms with van der Waals surface area (Å²) in [6.45, 7) is 1.71. The Balaban J connectivity index is 1.26. The van der Waals surface area contributed by atoms with Gasteiger partial charge in [0.1, 0.15) is 6.61 Å². The first kappa shape index (κ1) is 23.6. The maximum Gasteiger partial charge on any atom is 0.338 e. The summed E-state index contributed by atoms with van der Waals surface area (Å²) < 4.78 is 64.3. The Labute approximate surface area is 188 Å². The molecule has 1 aromatic carbocycles. The summed E-state index contributed by atoms with van der Waals surface area (Å²) in [5.74, 6) is -0.532. The third kappa shape index (κ3) is 5.00. The number of ether oxygens (including phenoxy) is 2. The van der Waals surface area contributed by atoms with E-state index in [1.54, 1.807) is 0 Å². The van der Waals surface area contributed by atoms with Crippen LogP contribution in [0.3, 0.4) is 0 Å². The summed E-state index contributed by atoms with van der Waals surface area (Å²) in [6.07, 6.45) is 3.15. The van der Waals surface area contributed by atoms with Crippen LogP contribution in [0.2, 0.25) is 0 Å². The predicted octanol–water partition coefficient (Wildman–Crippen LogP) is 0.272. The summed E-state index contributed by atoms with van der Waals surface area (Å²) in [4.78, 5) is 12.4. The van der Waals surface area contributed by atoms with Crippen LogP contribution in [0, 0.1) is 5.92 Å². The molecule has 2 N–H and O–H groups in total. The van der Waals surface area contributed by atoms with Crippen molar-refractivity contribution >= 4 is 26.0 Å². The third-order valence-electron chi connectivity index (χ3n) is 6.27. The van der Waals surface area contributed by atoms with E-state index in [0.717, 1.165) is 19.3 Å². The summed E-state index contributed by atoms with van der Waals surface area (Å²) >= 11 is 0. The molecule has 3 aliphatic rings. The number of hydrogen-bond donors (Lipinski definition) is 2. The van der Waals surface area contributed by atoms with Gasteiger partial charge in [0.05, 0.1) is 35.1 Å². The predicted molar refractivity (Wildman–Crippen MR) is 116 cm³/mol. The van der Waals surface area contributed by atoms with E-state index in [-0.39, 0.29) is 34.4 Å². The van der Waals surface area contributed by atoms with Crippen LogP contribution in [0.25, 0.3) is 0 Å². The van der Waals surface area contributed by atoms with Crippen LogP contribution in [0.1, 0.15) is 36.0 Å². The average molecular weight is 488 g/mol. The lowest BCUT2D eigenvalue weighted by Crippen LogP contribution is -2.44. The zero-order valence-corrected chi connectivity index (χ0v) is 19.4. The van der Waals surface area contributed by atoms with Crippen LogP contribution >= 0.6 is 0 Å². The van der Waals surface area contributed by atoms with Gasteiger partial charge >= 0.3 is 5.97 Å². The molecule has 1 saturated carbocycles. The molecule has 0 spiro atoms. The first-order valence-corrected chi connectivity index (χ1v) is 13.9. The topological polar surface area (TPSA) is 131 Å². The molecule has 10 nitrogen and oxygen atoms in total. The van der Waals surface area contributed by atoms with Crippen molar-refractivity contribution in [2.24, 2.45) is 5.92 Å². The van der Waals surface area contributed by atoms with Gasteiger partial charge < -0.3 is 9.47 Å². The van der Waals surface area contributed by atoms with Gasteiger partial charge in [0.2, 0.25) is 20.0 Å². The second-order valence-electron chi connectivity index (χ2n) is 8.26. The standard InChI is InChI=1S/C20H29N3O7S2/c24-20(15-5-7-16(8-6-15)32(27,28)23-10-13-29-14-11-23)30-12-9-21-19-17-3-1-2-4-18(17)31(25,26)22-19/h5-8,17-19,21-22H,1-4,9-14H2. The van der Waals surface area contributed by atoms with Crippen LogP contribution in [0.5, 0.6) is 0 Å². The second-order valence-corrected chi connectivity index (χ2v) is 12.1. The van der Waals surface area contributed by atoms with Crippen LogP contribution in [-0.4, -0.2) is 78.0 Å². The minimum Gasteiger partial charge on any atom is -0.461 e. The second kappa shape index (κ2) is 9.74. The Hall–Kier alpha value is -1.57. The van der Waals surface area contributed by atoms with Gasteiger partial charge in [0.15, 0.2) is 0 Å². The van der Waals surface area contributed by atoms with Crippen LogP contribution < -0.4 is 10.0 Å². The van der Waals surface area contributed by atoms with Crippen molar-refractivity contribution in [3.05, 3.63) is 29.8 Å². The van der Waals surface area contributed by atoms with E-state index >= 15 is 0 Å². The Kier molecular flexibility index (Phi) is 7.18. The van der Waals surface area contributed by atoms with Crippen molar-refractivity contribution in [3.8, 4) is 0 Å². The van der Waals surface area contributed by atoms with Crippen molar-refractivity contribution in [2.45, 2.75) is 42.0 Å². The lowest BCUT2D eigenvalue weighted by molar-refractivity contribution is 0.0502. The molecule has 178 valence electrons. The number of nitrogens with zero attached hydrogens (tertiary/aromatic N) is 1. The van der Waals surface area contributed by atoms with Crippen LogP contribution in [0.15, 0.2) is 29.2 Å². The summed E-state index contributed by atoms with van der Waals surface area (Å²) in [7, 11) is -6.92. The van der Waals surface area contributed by atoms with Crippen LogP contribution in [-0.2, 0) is 29.5 Å². The van der Waals surface area contributed by atoms with E-state index in [2.05, 4.69) is 10.0 Å². The van der Waals surface area contributed by atoms with Gasteiger partial charge in [-0.3, -0.25) is 5.32 Å². The smallest absolute Gasteiger partial charge is 0.338 e. The molecule has 3 unspecified atom stereocenters. The number of hydrogen-bond acceptors (Lipinski definition) is 8. The molecule has 2 heterocycles. The van der Waals surface area contributed by atoms with Gasteiger partial charge in [-0.05, 0) is 37.1 Å². The summed E-state index contributed by atoms with van der Waals surface area (Å²) in [6, 6.07) is 5.66. The fourth-order valence-electron chi connectivity index (χ4n) is 4.58. The minimum atomic E-state index is -3.62. The Morgan fingerprint density at radius 1 is 1.16 bits per heavy atom. The maximum atomic E-state index is 12.6. The molecule has 2 aliphatic heterocycles. The van der Waals surface area contributed by atoms with Crippen LogP contribution in [0.4, 0.5) is 0 Å². The van der Waals surface area contributed by atoms with Gasteiger partial charge in [-0.25, -0.2) is 21.6 Å². The van der Waals surface area contributed by atoms with E-state index in [1.807, 2.05) is 0 Å². The number of nitrogens with one attached hydrogen (secondary N) is 2. The molecule has 1 aromatic rings. The Morgan fingerprint density at radius 3 is 2.56 bits per heavy atom. The minimum absolute atomic E-state index is 0.0328. The number of morpholine rings is 1. The average Bonchev–Trinajstić information content (AvgIpc) is 3.07. The first-order valence-electron chi connectivity index (χ1n) is 10.9. The van der Waals surface area contributed by atoms with Gasteiger partial charge in [-0.1, -0.05) is 12.8 Å². The van der Waals surface area contributed by atoms with E-state index in [0.29, 0.717) is 39.3 Å². The SMILES string of the molecule is O=C(OCCNC1NS(=O)(=O)C2CCCCC12)c1ccc(S(=O)(=O)N2CCOCC2)cc1. The molecule has 0 amide bonds. The fourth-order valence-corrected chi connectivity index (χ4v) is 8.00. The molecule has 1 aliphatic carbocycles. The molecule has 0 bridgehead atoms. The van der Waals surface area contributed by atoms with E-state index in [9.17, 15) is 21.6 Å². The summed E-state index contributed by atoms with van der Waals surface area (Å²) in [5.41, 5.74) is 0.250. The molecule has 0 radical (unpaired) electrons. The van der Waals surface area contributed by atoms with Gasteiger partial charge in [0, 0.05) is 25.6 Å². The lowest BCUT2D eigenvalue weighted by Gasteiger charge is -2.26. The number of rotatable bonds is 7. The highest BCUT2D eigenvalue weighted by Crippen LogP contribution is 2.35. The van der Waals surface area contributed by atoms with Crippen molar-refractivity contribution in [3.63, 3.8) is 0 Å². The van der Waals surface area contributed by atoms with Gasteiger partial charge in [-0.15, -0.1) is 0 Å². The fraction of sp³-hybridized carbons (Fsp3) is 0.650. The zero-order valence-electron chi connectivity index (χ0n) is 17.7. The third-order valence-corrected chi connectivity index (χ3v) is 10.1. The van der Waals surface area contributed by atoms with E-state index < -0.39 is 26.0 Å². The number of sulfonamides is 2. The number of carbonyl (C=O) groups is 1. The first-order chi connectivity index (χ1) is 15.3. The highest BCUT2D eigenvalue weighted by molar-refractivity contribution is 7.90. The lowest BCUT2D eigenvalue weighted by atomic mass is 9.87. The van der Waals surface area contributed by atoms with Crippen molar-refractivity contribution in [2.75, 3.05) is 39.5 Å². The van der Waals surface area contributed by atoms with Crippen molar-refractivity contribution < 1.29 is 31.1 Å². The molecule has 3 atom stereocenters. The molecule has 4 rings (SSSR count). The monoisotopic (exact) mass is 487 g/mol.